The molecule has 1 saturated heterocycles. The minimum Gasteiger partial charge on any atom is -0.314 e. The molecule has 0 aromatic carbocycles. The van der Waals surface area contributed by atoms with Crippen LogP contribution in [-0.2, 0) is 10.2 Å². The number of hydrogen-bond donors (Lipinski definition) is 2. The van der Waals surface area contributed by atoms with Crippen LogP contribution in [0.25, 0.3) is 0 Å². The largest absolute Gasteiger partial charge is 0.314 e. The Morgan fingerprint density at radius 3 is 2.30 bits per heavy atom. The Kier molecular flexibility index (Phi) is 5.10. The normalized spacial score (nSPS) is 24.8. The van der Waals surface area contributed by atoms with Crippen LogP contribution in [0, 0.1) is 5.92 Å². The highest BCUT2D eigenvalue weighted by Gasteiger charge is 2.38. The van der Waals surface area contributed by atoms with E-state index in [1.807, 2.05) is 6.92 Å². The molecule has 0 bridgehead atoms. The molecule has 0 spiro atoms. The molecule has 0 amide bonds. The predicted molar refractivity (Wildman–Crippen MR) is 81.7 cm³/mol. The second kappa shape index (κ2) is 6.30. The van der Waals surface area contributed by atoms with Crippen molar-refractivity contribution in [1.29, 1.82) is 0 Å². The number of hydrogen-bond acceptors (Lipinski definition) is 3. The third-order valence-electron chi connectivity index (χ3n) is 4.56. The zero-order chi connectivity index (χ0) is 14.8. The summed E-state index contributed by atoms with van der Waals surface area (Å²) in [4.78, 5) is 0. The minimum atomic E-state index is -3.29. The van der Waals surface area contributed by atoms with Gasteiger partial charge in [0.15, 0.2) is 0 Å². The van der Waals surface area contributed by atoms with Gasteiger partial charge in [0, 0.05) is 24.7 Å². The molecule has 0 unspecified atom stereocenters. The molecule has 118 valence electrons. The molecular formula is C14H29N3O2S. The van der Waals surface area contributed by atoms with Gasteiger partial charge in [0.1, 0.15) is 0 Å². The maximum Gasteiger partial charge on any atom is 0.279 e. The van der Waals surface area contributed by atoms with E-state index in [-0.39, 0.29) is 5.54 Å². The van der Waals surface area contributed by atoms with E-state index in [9.17, 15) is 8.42 Å². The molecule has 0 radical (unpaired) electrons. The lowest BCUT2D eigenvalue weighted by Gasteiger charge is -2.41. The van der Waals surface area contributed by atoms with E-state index >= 15 is 0 Å². The number of piperidine rings is 1. The molecule has 2 N–H and O–H groups in total. The zero-order valence-corrected chi connectivity index (χ0v) is 13.8. The average molecular weight is 303 g/mol. The van der Waals surface area contributed by atoms with Gasteiger partial charge in [0.25, 0.3) is 10.2 Å². The third-order valence-corrected chi connectivity index (χ3v) is 6.36. The predicted octanol–water partition coefficient (Wildman–Crippen LogP) is 1.47. The molecule has 2 aliphatic rings. The summed E-state index contributed by atoms with van der Waals surface area (Å²) in [5, 5.41) is 3.44. The molecular weight excluding hydrogens is 274 g/mol. The maximum atomic E-state index is 12.4. The summed E-state index contributed by atoms with van der Waals surface area (Å²) in [6, 6.07) is 0.497. The van der Waals surface area contributed by atoms with Gasteiger partial charge in [-0.1, -0.05) is 13.8 Å². The van der Waals surface area contributed by atoms with E-state index in [1.54, 1.807) is 4.31 Å². The summed E-state index contributed by atoms with van der Waals surface area (Å²) in [6.45, 7) is 8.58. The highest BCUT2D eigenvalue weighted by atomic mass is 32.2. The standard InChI is InChI=1S/C14H29N3O2S/c1-12(2)15-11-13-5-9-17(10-6-13)20(18,19)16-14(3)7-4-8-14/h12-13,15-16H,4-11H2,1-3H3. The van der Waals surface area contributed by atoms with Crippen molar-refractivity contribution in [2.24, 2.45) is 5.92 Å². The molecule has 2 rings (SSSR count). The van der Waals surface area contributed by atoms with E-state index in [0.29, 0.717) is 25.0 Å². The topological polar surface area (TPSA) is 61.4 Å². The first kappa shape index (κ1) is 16.2. The van der Waals surface area contributed by atoms with Gasteiger partial charge in [0.2, 0.25) is 0 Å². The molecule has 1 saturated carbocycles. The third kappa shape index (κ3) is 4.16. The summed E-state index contributed by atoms with van der Waals surface area (Å²) >= 11 is 0. The highest BCUT2D eigenvalue weighted by molar-refractivity contribution is 7.87. The molecule has 6 heteroatoms. The van der Waals surface area contributed by atoms with Crippen LogP contribution >= 0.6 is 0 Å². The van der Waals surface area contributed by atoms with Gasteiger partial charge in [0.05, 0.1) is 0 Å². The summed E-state index contributed by atoms with van der Waals surface area (Å²) in [5.41, 5.74) is -0.200. The summed E-state index contributed by atoms with van der Waals surface area (Å²) < 4.78 is 29.2. The number of nitrogens with one attached hydrogen (secondary N) is 2. The van der Waals surface area contributed by atoms with Crippen molar-refractivity contribution in [3.05, 3.63) is 0 Å². The van der Waals surface area contributed by atoms with Gasteiger partial charge in [-0.05, 0) is 51.5 Å². The average Bonchev–Trinajstić information content (AvgIpc) is 2.34. The Morgan fingerprint density at radius 2 is 1.85 bits per heavy atom. The van der Waals surface area contributed by atoms with Crippen LogP contribution in [-0.4, -0.2) is 43.9 Å². The fourth-order valence-corrected chi connectivity index (χ4v) is 4.59. The molecule has 20 heavy (non-hydrogen) atoms. The van der Waals surface area contributed by atoms with Crippen LogP contribution in [0.15, 0.2) is 0 Å². The van der Waals surface area contributed by atoms with E-state index in [0.717, 1.165) is 38.6 Å². The molecule has 0 atom stereocenters. The van der Waals surface area contributed by atoms with Gasteiger partial charge in [-0.2, -0.15) is 17.4 Å². The van der Waals surface area contributed by atoms with Crippen LogP contribution in [0.1, 0.15) is 52.9 Å². The Labute approximate surface area is 123 Å². The van der Waals surface area contributed by atoms with E-state index in [2.05, 4.69) is 23.9 Å². The van der Waals surface area contributed by atoms with Gasteiger partial charge in [-0.15, -0.1) is 0 Å². The smallest absolute Gasteiger partial charge is 0.279 e. The first-order chi connectivity index (χ1) is 9.31. The molecule has 1 aliphatic carbocycles. The first-order valence-corrected chi connectivity index (χ1v) is 9.27. The molecule has 0 aromatic rings. The fourth-order valence-electron chi connectivity index (χ4n) is 2.94. The Hall–Kier alpha value is -0.170. The molecule has 0 aromatic heterocycles. The van der Waals surface area contributed by atoms with E-state index < -0.39 is 10.2 Å². The van der Waals surface area contributed by atoms with Crippen LogP contribution in [0.4, 0.5) is 0 Å². The van der Waals surface area contributed by atoms with Crippen molar-refractivity contribution in [3.63, 3.8) is 0 Å². The summed E-state index contributed by atoms with van der Waals surface area (Å²) in [6.07, 6.45) is 4.96. The fraction of sp³-hybridized carbons (Fsp3) is 1.00. The monoisotopic (exact) mass is 303 g/mol. The zero-order valence-electron chi connectivity index (χ0n) is 13.0. The molecule has 2 fully saturated rings. The van der Waals surface area contributed by atoms with Gasteiger partial charge in [-0.25, -0.2) is 0 Å². The van der Waals surface area contributed by atoms with Crippen molar-refractivity contribution in [2.45, 2.75) is 64.5 Å². The SMILES string of the molecule is CC(C)NCC1CCN(S(=O)(=O)NC2(C)CCC2)CC1. The Balaban J connectivity index is 1.80. The Bertz CT molecular complexity index is 410. The first-order valence-electron chi connectivity index (χ1n) is 7.83. The second-order valence-corrected chi connectivity index (χ2v) is 8.60. The van der Waals surface area contributed by atoms with Crippen molar-refractivity contribution >= 4 is 10.2 Å². The lowest BCUT2D eigenvalue weighted by Crippen LogP contribution is -2.56. The van der Waals surface area contributed by atoms with Gasteiger partial charge < -0.3 is 5.32 Å². The number of nitrogens with zero attached hydrogens (tertiary/aromatic N) is 1. The molecule has 5 nitrogen and oxygen atoms in total. The van der Waals surface area contributed by atoms with Crippen LogP contribution < -0.4 is 10.0 Å². The van der Waals surface area contributed by atoms with Crippen LogP contribution in [0.2, 0.25) is 0 Å². The summed E-state index contributed by atoms with van der Waals surface area (Å²) in [5.74, 6) is 0.600. The number of rotatable bonds is 6. The van der Waals surface area contributed by atoms with Crippen LogP contribution in [0.5, 0.6) is 0 Å². The van der Waals surface area contributed by atoms with Crippen molar-refractivity contribution < 1.29 is 8.42 Å². The van der Waals surface area contributed by atoms with Gasteiger partial charge in [-0.3, -0.25) is 0 Å². The van der Waals surface area contributed by atoms with Gasteiger partial charge >= 0.3 is 0 Å². The van der Waals surface area contributed by atoms with E-state index in [1.165, 1.54) is 0 Å². The maximum absolute atomic E-state index is 12.4. The van der Waals surface area contributed by atoms with Crippen LogP contribution in [0.3, 0.4) is 0 Å². The minimum absolute atomic E-state index is 0.200. The van der Waals surface area contributed by atoms with Crippen molar-refractivity contribution in [2.75, 3.05) is 19.6 Å². The lowest BCUT2D eigenvalue weighted by molar-refractivity contribution is 0.225. The summed E-state index contributed by atoms with van der Waals surface area (Å²) in [7, 11) is -3.29. The highest BCUT2D eigenvalue weighted by Crippen LogP contribution is 2.32. The Morgan fingerprint density at radius 1 is 1.25 bits per heavy atom. The van der Waals surface area contributed by atoms with E-state index in [4.69, 9.17) is 0 Å². The lowest BCUT2D eigenvalue weighted by atomic mass is 9.80. The second-order valence-electron chi connectivity index (χ2n) is 6.93. The molecule has 1 aliphatic heterocycles. The van der Waals surface area contributed by atoms with Crippen molar-refractivity contribution in [3.8, 4) is 0 Å². The van der Waals surface area contributed by atoms with Crippen molar-refractivity contribution in [1.82, 2.24) is 14.3 Å². The molecule has 1 heterocycles. The quantitative estimate of drug-likeness (QED) is 0.781.